The van der Waals surface area contributed by atoms with Gasteiger partial charge in [0.15, 0.2) is 21.3 Å². The van der Waals surface area contributed by atoms with Crippen molar-refractivity contribution in [1.82, 2.24) is 0 Å². The van der Waals surface area contributed by atoms with Crippen LogP contribution in [0.3, 0.4) is 0 Å². The second-order valence-electron chi connectivity index (χ2n) is 4.94. The Bertz CT molecular complexity index is 543. The third-order valence-corrected chi connectivity index (χ3v) is 5.01. The van der Waals surface area contributed by atoms with Crippen molar-refractivity contribution in [2.75, 3.05) is 25.2 Å². The van der Waals surface area contributed by atoms with Gasteiger partial charge in [-0.2, -0.15) is 0 Å². The normalized spacial score (nSPS) is 13.0. The zero-order chi connectivity index (χ0) is 15.9. The maximum atomic E-state index is 11.4. The third kappa shape index (κ3) is 5.93. The van der Waals surface area contributed by atoms with Crippen LogP contribution in [0.5, 0.6) is 11.5 Å². The van der Waals surface area contributed by atoms with Gasteiger partial charge in [-0.15, -0.1) is 0 Å². The average Bonchev–Trinajstić information content (AvgIpc) is 2.48. The average molecular weight is 315 g/mol. The summed E-state index contributed by atoms with van der Waals surface area (Å²) in [4.78, 5) is 0. The lowest BCUT2D eigenvalue weighted by Crippen LogP contribution is -2.21. The van der Waals surface area contributed by atoms with Gasteiger partial charge in [0, 0.05) is 11.8 Å². The molecule has 120 valence electrons. The number of hydrogen-bond donors (Lipinski definition) is 1. The third-order valence-electron chi connectivity index (χ3n) is 3.34. The van der Waals surface area contributed by atoms with Crippen LogP contribution in [0.15, 0.2) is 18.2 Å². The number of benzene rings is 1. The monoisotopic (exact) mass is 315 g/mol. The van der Waals surface area contributed by atoms with E-state index in [9.17, 15) is 8.42 Å². The lowest BCUT2D eigenvalue weighted by atomic mass is 10.0. The predicted molar refractivity (Wildman–Crippen MR) is 84.8 cm³/mol. The Morgan fingerprint density at radius 2 is 1.95 bits per heavy atom. The number of nitrogens with two attached hydrogens (primary N) is 1. The molecule has 0 heterocycles. The molecule has 0 saturated heterocycles. The quantitative estimate of drug-likeness (QED) is 0.751. The van der Waals surface area contributed by atoms with Crippen LogP contribution in [0.1, 0.15) is 25.8 Å². The molecule has 0 spiro atoms. The van der Waals surface area contributed by atoms with Gasteiger partial charge in [-0.25, -0.2) is 8.42 Å². The first-order valence-corrected chi connectivity index (χ1v) is 8.99. The first kappa shape index (κ1) is 17.8. The maximum absolute atomic E-state index is 11.4. The maximum Gasteiger partial charge on any atom is 0.161 e. The van der Waals surface area contributed by atoms with Crippen molar-refractivity contribution in [3.05, 3.63) is 23.8 Å². The number of methoxy groups -OCH3 is 1. The minimum absolute atomic E-state index is 0.00904. The van der Waals surface area contributed by atoms with Crippen molar-refractivity contribution in [3.8, 4) is 11.5 Å². The first-order chi connectivity index (χ1) is 9.91. The molecule has 0 radical (unpaired) electrons. The van der Waals surface area contributed by atoms with Crippen LogP contribution < -0.4 is 15.2 Å². The topological polar surface area (TPSA) is 78.6 Å². The van der Waals surface area contributed by atoms with Gasteiger partial charge in [-0.05, 0) is 30.5 Å². The fourth-order valence-corrected chi connectivity index (χ4v) is 2.45. The molecule has 0 saturated carbocycles. The van der Waals surface area contributed by atoms with Crippen LogP contribution in [0, 0.1) is 0 Å². The zero-order valence-electron chi connectivity index (χ0n) is 13.0. The molecule has 1 atom stereocenters. The highest BCUT2D eigenvalue weighted by molar-refractivity contribution is 7.91. The van der Waals surface area contributed by atoms with Gasteiger partial charge >= 0.3 is 0 Å². The Balaban J connectivity index is 2.70. The first-order valence-electron chi connectivity index (χ1n) is 7.17. The highest BCUT2D eigenvalue weighted by atomic mass is 32.2. The van der Waals surface area contributed by atoms with E-state index < -0.39 is 9.84 Å². The van der Waals surface area contributed by atoms with Crippen molar-refractivity contribution in [2.45, 2.75) is 32.7 Å². The highest BCUT2D eigenvalue weighted by Gasteiger charge is 2.11. The SMILES string of the molecule is CCC(N)Cc1ccc(OCCS(=O)(=O)CC)c(OC)c1. The van der Waals surface area contributed by atoms with Crippen molar-refractivity contribution >= 4 is 9.84 Å². The van der Waals surface area contributed by atoms with Gasteiger partial charge in [-0.3, -0.25) is 0 Å². The van der Waals surface area contributed by atoms with E-state index in [4.69, 9.17) is 15.2 Å². The molecule has 0 aromatic heterocycles. The van der Waals surface area contributed by atoms with E-state index in [0.29, 0.717) is 11.5 Å². The van der Waals surface area contributed by atoms with Crippen molar-refractivity contribution in [2.24, 2.45) is 5.73 Å². The minimum Gasteiger partial charge on any atom is -0.493 e. The Kier molecular flexibility index (Phi) is 6.98. The van der Waals surface area contributed by atoms with Gasteiger partial charge in [0.05, 0.1) is 12.9 Å². The second-order valence-corrected chi connectivity index (χ2v) is 7.42. The summed E-state index contributed by atoms with van der Waals surface area (Å²) in [6.07, 6.45) is 1.69. The smallest absolute Gasteiger partial charge is 0.161 e. The van der Waals surface area contributed by atoms with Gasteiger partial charge in [0.1, 0.15) is 6.61 Å². The van der Waals surface area contributed by atoms with Crippen LogP contribution in [0.25, 0.3) is 0 Å². The fraction of sp³-hybridized carbons (Fsp3) is 0.600. The van der Waals surface area contributed by atoms with Crippen LogP contribution in [0.2, 0.25) is 0 Å². The molecular weight excluding hydrogens is 290 g/mol. The standard InChI is InChI=1S/C15H25NO4S/c1-4-13(16)10-12-6-7-14(15(11-12)19-3)20-8-9-21(17,18)5-2/h6-7,11,13H,4-5,8-10,16H2,1-3H3. The Hall–Kier alpha value is -1.27. The molecular formula is C15H25NO4S. The van der Waals surface area contributed by atoms with Crippen molar-refractivity contribution in [3.63, 3.8) is 0 Å². The minimum atomic E-state index is -3.02. The van der Waals surface area contributed by atoms with E-state index in [2.05, 4.69) is 0 Å². The lowest BCUT2D eigenvalue weighted by molar-refractivity contribution is 0.311. The highest BCUT2D eigenvalue weighted by Crippen LogP contribution is 2.28. The largest absolute Gasteiger partial charge is 0.493 e. The summed E-state index contributed by atoms with van der Waals surface area (Å²) in [5.74, 6) is 1.29. The second kappa shape index (κ2) is 8.24. The van der Waals surface area contributed by atoms with Crippen LogP contribution in [-0.2, 0) is 16.3 Å². The summed E-state index contributed by atoms with van der Waals surface area (Å²) < 4.78 is 33.7. The molecule has 5 nitrogen and oxygen atoms in total. The lowest BCUT2D eigenvalue weighted by Gasteiger charge is -2.14. The van der Waals surface area contributed by atoms with E-state index in [0.717, 1.165) is 18.4 Å². The Labute approximate surface area is 127 Å². The molecule has 1 rings (SSSR count). The molecule has 0 fully saturated rings. The summed E-state index contributed by atoms with van der Waals surface area (Å²) >= 11 is 0. The fourth-order valence-electron chi connectivity index (χ4n) is 1.83. The molecule has 0 amide bonds. The predicted octanol–water partition coefficient (Wildman–Crippen LogP) is 1.79. The van der Waals surface area contributed by atoms with Crippen LogP contribution in [0.4, 0.5) is 0 Å². The summed E-state index contributed by atoms with van der Waals surface area (Å²) in [6.45, 7) is 3.80. The van der Waals surface area contributed by atoms with E-state index in [-0.39, 0.29) is 24.2 Å². The number of ether oxygens (including phenoxy) is 2. The number of hydrogen-bond acceptors (Lipinski definition) is 5. The summed E-state index contributed by atoms with van der Waals surface area (Å²) in [5.41, 5.74) is 7.02. The Morgan fingerprint density at radius 3 is 2.52 bits per heavy atom. The molecule has 0 aliphatic rings. The summed E-state index contributed by atoms with van der Waals surface area (Å²) in [6, 6.07) is 5.74. The van der Waals surface area contributed by atoms with Crippen LogP contribution >= 0.6 is 0 Å². The zero-order valence-corrected chi connectivity index (χ0v) is 13.8. The molecule has 1 aromatic carbocycles. The van der Waals surface area contributed by atoms with Gasteiger partial charge < -0.3 is 15.2 Å². The molecule has 0 bridgehead atoms. The summed E-state index contributed by atoms with van der Waals surface area (Å²) in [5, 5.41) is 0. The molecule has 2 N–H and O–H groups in total. The van der Waals surface area contributed by atoms with E-state index in [1.807, 2.05) is 19.1 Å². The number of rotatable bonds is 9. The molecule has 6 heteroatoms. The van der Waals surface area contributed by atoms with Gasteiger partial charge in [-0.1, -0.05) is 19.9 Å². The van der Waals surface area contributed by atoms with Crippen LogP contribution in [-0.4, -0.2) is 39.7 Å². The molecule has 0 aliphatic carbocycles. The number of sulfone groups is 1. The molecule has 21 heavy (non-hydrogen) atoms. The van der Waals surface area contributed by atoms with E-state index in [1.165, 1.54) is 0 Å². The van der Waals surface area contributed by atoms with E-state index >= 15 is 0 Å². The van der Waals surface area contributed by atoms with Gasteiger partial charge in [0.2, 0.25) is 0 Å². The van der Waals surface area contributed by atoms with Gasteiger partial charge in [0.25, 0.3) is 0 Å². The summed E-state index contributed by atoms with van der Waals surface area (Å²) in [7, 11) is -1.46. The van der Waals surface area contributed by atoms with E-state index in [1.54, 1.807) is 20.1 Å². The van der Waals surface area contributed by atoms with Crippen molar-refractivity contribution < 1.29 is 17.9 Å². The molecule has 1 aromatic rings. The molecule has 0 aliphatic heterocycles. The van der Waals surface area contributed by atoms with Crippen molar-refractivity contribution in [1.29, 1.82) is 0 Å². The Morgan fingerprint density at radius 1 is 1.24 bits per heavy atom. The molecule has 1 unspecified atom stereocenters.